The molecule has 0 unspecified atom stereocenters. The van der Waals surface area contributed by atoms with E-state index < -0.39 is 29.1 Å². The van der Waals surface area contributed by atoms with Crippen molar-refractivity contribution >= 4 is 0 Å². The zero-order valence-electron chi connectivity index (χ0n) is 18.8. The van der Waals surface area contributed by atoms with Crippen LogP contribution in [0, 0.1) is 11.6 Å². The molecule has 0 amide bonds. The van der Waals surface area contributed by atoms with E-state index in [9.17, 15) is 17.6 Å². The summed E-state index contributed by atoms with van der Waals surface area (Å²) in [6.07, 6.45) is 1.80. The van der Waals surface area contributed by atoms with Gasteiger partial charge in [-0.1, -0.05) is 57.4 Å². The van der Waals surface area contributed by atoms with Crippen molar-refractivity contribution in [1.82, 2.24) is 0 Å². The molecule has 0 radical (unpaired) electrons. The minimum absolute atomic E-state index is 0.183. The number of halogens is 4. The highest BCUT2D eigenvalue weighted by Gasteiger charge is 2.42. The highest BCUT2D eigenvalue weighted by molar-refractivity contribution is 5.39. The highest BCUT2D eigenvalue weighted by Crippen LogP contribution is 2.39. The SMILES string of the molecule is CCCCCCc1ccc(OC(F)(F)c2c(F)ccc(Oc3ccc(CC)cc3)c2F)cc1. The topological polar surface area (TPSA) is 18.5 Å². The smallest absolute Gasteiger partial charge is 0.432 e. The predicted octanol–water partition coefficient (Wildman–Crippen LogP) is 8.57. The van der Waals surface area contributed by atoms with Crippen molar-refractivity contribution in [1.29, 1.82) is 0 Å². The maximum atomic E-state index is 14.9. The van der Waals surface area contributed by atoms with E-state index in [0.29, 0.717) is 0 Å². The Morgan fingerprint density at radius 1 is 0.727 bits per heavy atom. The van der Waals surface area contributed by atoms with Crippen molar-refractivity contribution in [3.63, 3.8) is 0 Å². The van der Waals surface area contributed by atoms with Crippen LogP contribution < -0.4 is 9.47 Å². The number of unbranched alkanes of at least 4 members (excludes halogenated alkanes) is 3. The van der Waals surface area contributed by atoms with Crippen molar-refractivity contribution in [3.8, 4) is 17.2 Å². The zero-order valence-corrected chi connectivity index (χ0v) is 18.8. The summed E-state index contributed by atoms with van der Waals surface area (Å²) in [5, 5.41) is 0. The van der Waals surface area contributed by atoms with E-state index >= 15 is 0 Å². The standard InChI is InChI=1S/C27H28F4O2/c1-3-5-6-7-8-20-11-15-22(16-12-20)33-27(30,31)25-23(28)17-18-24(26(25)29)32-21-13-9-19(4-2)10-14-21/h9-18H,3-8H2,1-2H3. The van der Waals surface area contributed by atoms with Crippen LogP contribution in [0.1, 0.15) is 56.2 Å². The summed E-state index contributed by atoms with van der Waals surface area (Å²) in [6.45, 7) is 4.11. The van der Waals surface area contributed by atoms with Gasteiger partial charge in [-0.05, 0) is 66.8 Å². The highest BCUT2D eigenvalue weighted by atomic mass is 19.3. The molecular weight excluding hydrogens is 432 g/mol. The molecule has 0 aliphatic heterocycles. The van der Waals surface area contributed by atoms with E-state index in [4.69, 9.17) is 9.47 Å². The van der Waals surface area contributed by atoms with Gasteiger partial charge in [0.25, 0.3) is 0 Å². The molecule has 0 aliphatic rings. The summed E-state index contributed by atoms with van der Waals surface area (Å²) >= 11 is 0. The van der Waals surface area contributed by atoms with E-state index in [1.807, 2.05) is 6.92 Å². The van der Waals surface area contributed by atoms with Crippen LogP contribution in [0.5, 0.6) is 17.2 Å². The summed E-state index contributed by atoms with van der Waals surface area (Å²) in [5.41, 5.74) is 0.534. The normalized spacial score (nSPS) is 11.5. The zero-order chi connectivity index (χ0) is 23.8. The summed E-state index contributed by atoms with van der Waals surface area (Å²) in [4.78, 5) is 0. The summed E-state index contributed by atoms with van der Waals surface area (Å²) in [7, 11) is 0. The first-order valence-corrected chi connectivity index (χ1v) is 11.2. The number of alkyl halides is 2. The lowest BCUT2D eigenvalue weighted by atomic mass is 10.1. The summed E-state index contributed by atoms with van der Waals surface area (Å²) in [6, 6.07) is 14.6. The molecule has 3 aromatic rings. The maximum absolute atomic E-state index is 14.9. The molecule has 33 heavy (non-hydrogen) atoms. The first-order chi connectivity index (χ1) is 15.8. The Labute approximate surface area is 192 Å². The fourth-order valence-corrected chi connectivity index (χ4v) is 3.48. The molecule has 0 fully saturated rings. The molecule has 0 spiro atoms. The van der Waals surface area contributed by atoms with Crippen LogP contribution in [0.15, 0.2) is 60.7 Å². The van der Waals surface area contributed by atoms with Gasteiger partial charge in [-0.15, -0.1) is 0 Å². The van der Waals surface area contributed by atoms with Gasteiger partial charge in [0.2, 0.25) is 0 Å². The molecule has 3 aromatic carbocycles. The van der Waals surface area contributed by atoms with Crippen molar-refractivity contribution in [2.45, 2.75) is 58.5 Å². The van der Waals surface area contributed by atoms with Gasteiger partial charge in [0.1, 0.15) is 22.9 Å². The maximum Gasteiger partial charge on any atom is 0.432 e. The molecule has 0 N–H and O–H groups in total. The van der Waals surface area contributed by atoms with Gasteiger partial charge in [0, 0.05) is 0 Å². The Hall–Kier alpha value is -3.02. The Morgan fingerprint density at radius 2 is 1.36 bits per heavy atom. The van der Waals surface area contributed by atoms with Crippen LogP contribution in [0.4, 0.5) is 17.6 Å². The summed E-state index contributed by atoms with van der Waals surface area (Å²) in [5.74, 6) is -3.37. The second-order valence-corrected chi connectivity index (χ2v) is 7.91. The molecule has 0 aromatic heterocycles. The molecule has 0 saturated heterocycles. The molecule has 0 bridgehead atoms. The molecule has 3 rings (SSSR count). The van der Waals surface area contributed by atoms with Crippen LogP contribution in [0.25, 0.3) is 0 Å². The minimum atomic E-state index is -4.23. The quantitative estimate of drug-likeness (QED) is 0.211. The van der Waals surface area contributed by atoms with E-state index in [1.165, 1.54) is 12.1 Å². The third-order valence-electron chi connectivity index (χ3n) is 5.39. The van der Waals surface area contributed by atoms with E-state index in [2.05, 4.69) is 6.92 Å². The van der Waals surface area contributed by atoms with Crippen molar-refractivity contribution in [2.24, 2.45) is 0 Å². The van der Waals surface area contributed by atoms with E-state index in [-0.39, 0.29) is 11.5 Å². The van der Waals surface area contributed by atoms with E-state index in [0.717, 1.165) is 61.8 Å². The molecular formula is C27H28F4O2. The number of rotatable bonds is 11. The average Bonchev–Trinajstić information content (AvgIpc) is 2.80. The predicted molar refractivity (Wildman–Crippen MR) is 121 cm³/mol. The number of aryl methyl sites for hydroxylation is 2. The lowest BCUT2D eigenvalue weighted by molar-refractivity contribution is -0.189. The van der Waals surface area contributed by atoms with Crippen LogP contribution >= 0.6 is 0 Å². The third kappa shape index (κ3) is 6.50. The second kappa shape index (κ2) is 11.2. The molecule has 176 valence electrons. The Kier molecular flexibility index (Phi) is 8.37. The number of ether oxygens (including phenoxy) is 2. The van der Waals surface area contributed by atoms with Crippen molar-refractivity contribution in [3.05, 3.63) is 89.0 Å². The molecule has 0 aliphatic carbocycles. The first kappa shape index (κ1) is 24.6. The first-order valence-electron chi connectivity index (χ1n) is 11.2. The van der Waals surface area contributed by atoms with Gasteiger partial charge in [-0.2, -0.15) is 8.78 Å². The Bertz CT molecular complexity index is 1030. The van der Waals surface area contributed by atoms with E-state index in [1.54, 1.807) is 36.4 Å². The number of benzene rings is 3. The van der Waals surface area contributed by atoms with Crippen LogP contribution in [-0.4, -0.2) is 0 Å². The van der Waals surface area contributed by atoms with Gasteiger partial charge >= 0.3 is 6.11 Å². The van der Waals surface area contributed by atoms with Crippen LogP contribution in [-0.2, 0) is 19.0 Å². The van der Waals surface area contributed by atoms with Gasteiger partial charge < -0.3 is 9.47 Å². The molecule has 0 atom stereocenters. The molecule has 6 heteroatoms. The third-order valence-corrected chi connectivity index (χ3v) is 5.39. The second-order valence-electron chi connectivity index (χ2n) is 7.91. The van der Waals surface area contributed by atoms with Gasteiger partial charge in [0.15, 0.2) is 11.6 Å². The molecule has 2 nitrogen and oxygen atoms in total. The lowest BCUT2D eigenvalue weighted by Gasteiger charge is -2.20. The summed E-state index contributed by atoms with van der Waals surface area (Å²) < 4.78 is 68.9. The fourth-order valence-electron chi connectivity index (χ4n) is 3.48. The molecule has 0 heterocycles. The number of hydrogen-bond donors (Lipinski definition) is 0. The minimum Gasteiger partial charge on any atom is -0.454 e. The monoisotopic (exact) mass is 460 g/mol. The average molecular weight is 461 g/mol. The lowest BCUT2D eigenvalue weighted by Crippen LogP contribution is -2.25. The van der Waals surface area contributed by atoms with Crippen molar-refractivity contribution < 1.29 is 27.0 Å². The fraction of sp³-hybridized carbons (Fsp3) is 0.333. The Balaban J connectivity index is 1.75. The van der Waals surface area contributed by atoms with Crippen molar-refractivity contribution in [2.75, 3.05) is 0 Å². The molecule has 0 saturated carbocycles. The van der Waals surface area contributed by atoms with Gasteiger partial charge in [-0.25, -0.2) is 8.78 Å². The van der Waals surface area contributed by atoms with Gasteiger partial charge in [-0.3, -0.25) is 0 Å². The van der Waals surface area contributed by atoms with Gasteiger partial charge in [0.05, 0.1) is 0 Å². The van der Waals surface area contributed by atoms with Crippen LogP contribution in [0.3, 0.4) is 0 Å². The largest absolute Gasteiger partial charge is 0.454 e. The van der Waals surface area contributed by atoms with Crippen LogP contribution in [0.2, 0.25) is 0 Å². The number of hydrogen-bond acceptors (Lipinski definition) is 2. The Morgan fingerprint density at radius 3 is 2.00 bits per heavy atom.